The fourth-order valence-corrected chi connectivity index (χ4v) is 6.72. The molecule has 3 heteroatoms. The maximum Gasteiger partial charge on any atom is 0.182 e. The topological polar surface area (TPSA) is 26.3 Å². The van der Waals surface area contributed by atoms with Crippen LogP contribution in [0.3, 0.4) is 0 Å². The van der Waals surface area contributed by atoms with Crippen LogP contribution in [0.15, 0.2) is 131 Å². The van der Waals surface area contributed by atoms with Crippen molar-refractivity contribution in [3.8, 4) is 22.3 Å². The molecule has 0 N–H and O–H groups in total. The first-order valence-corrected chi connectivity index (χ1v) is 13.2. The van der Waals surface area contributed by atoms with Gasteiger partial charge in [-0.15, -0.1) is 0 Å². The normalized spacial score (nSPS) is 13.1. The Morgan fingerprint density at radius 3 is 1.33 bits per heavy atom. The van der Waals surface area contributed by atoms with E-state index in [-0.39, 0.29) is 0 Å². The van der Waals surface area contributed by atoms with Gasteiger partial charge in [-0.25, -0.2) is 0 Å². The van der Waals surface area contributed by atoms with Crippen LogP contribution < -0.4 is 4.90 Å². The third-order valence-corrected chi connectivity index (χ3v) is 8.66. The quantitative estimate of drug-likeness (QED) is 0.232. The standard InChI is InChI=1S/C33H23NOS/c1-34-30-16-14-28(26-12-10-22-6-2-4-8-24(22)18-26)20-32(30)36(35)33-21-29(15-17-31(33)34)27-13-11-23-7-3-5-9-25(23)19-27/h2-21H,1H3. The molecule has 0 amide bonds. The van der Waals surface area contributed by atoms with Gasteiger partial charge in [0.2, 0.25) is 0 Å². The van der Waals surface area contributed by atoms with Crippen molar-refractivity contribution in [1.82, 2.24) is 0 Å². The molecule has 6 aromatic rings. The average Bonchev–Trinajstić information content (AvgIpc) is 2.95. The van der Waals surface area contributed by atoms with E-state index in [2.05, 4.69) is 133 Å². The lowest BCUT2D eigenvalue weighted by Crippen LogP contribution is -2.22. The summed E-state index contributed by atoms with van der Waals surface area (Å²) in [6.07, 6.45) is 0. The molecular formula is C33H23NOS. The predicted molar refractivity (Wildman–Crippen MR) is 152 cm³/mol. The molecule has 0 radical (unpaired) electrons. The first-order valence-electron chi connectivity index (χ1n) is 12.1. The zero-order chi connectivity index (χ0) is 24.2. The molecule has 0 aromatic heterocycles. The number of fused-ring (bicyclic) bond motifs is 4. The highest BCUT2D eigenvalue weighted by Gasteiger charge is 2.32. The van der Waals surface area contributed by atoms with Crippen LogP contribution in [0.2, 0.25) is 0 Å². The molecule has 2 nitrogen and oxygen atoms in total. The summed E-state index contributed by atoms with van der Waals surface area (Å²) in [4.78, 5) is 3.86. The van der Waals surface area contributed by atoms with Crippen LogP contribution in [0.4, 0.5) is 11.4 Å². The summed E-state index contributed by atoms with van der Waals surface area (Å²) in [5, 5.41) is 4.85. The highest BCUT2D eigenvalue weighted by Crippen LogP contribution is 2.46. The first kappa shape index (κ1) is 21.3. The summed E-state index contributed by atoms with van der Waals surface area (Å²) < 4.78 is 13.9. The van der Waals surface area contributed by atoms with E-state index < -0.39 is 11.2 Å². The first-order chi connectivity index (χ1) is 17.7. The van der Waals surface area contributed by atoms with Gasteiger partial charge >= 0.3 is 0 Å². The second-order valence-electron chi connectivity index (χ2n) is 9.32. The van der Waals surface area contributed by atoms with Gasteiger partial charge in [-0.1, -0.05) is 84.9 Å². The van der Waals surface area contributed by atoms with Gasteiger partial charge in [0.25, 0.3) is 0 Å². The molecule has 1 heterocycles. The molecule has 7 rings (SSSR count). The van der Waals surface area contributed by atoms with Crippen molar-refractivity contribution in [3.05, 3.63) is 121 Å². The third kappa shape index (κ3) is 3.40. The Morgan fingerprint density at radius 1 is 0.472 bits per heavy atom. The molecule has 0 aliphatic carbocycles. The van der Waals surface area contributed by atoms with E-state index >= 15 is 0 Å². The summed E-state index contributed by atoms with van der Waals surface area (Å²) in [6, 6.07) is 42.4. The van der Waals surface area contributed by atoms with Gasteiger partial charge in [0.15, 0.2) is 9.79 Å². The van der Waals surface area contributed by atoms with Gasteiger partial charge in [0.05, 0.1) is 11.4 Å². The van der Waals surface area contributed by atoms with Crippen molar-refractivity contribution >= 4 is 44.1 Å². The number of benzene rings is 6. The average molecular weight is 482 g/mol. The second-order valence-corrected chi connectivity index (χ2v) is 10.7. The molecule has 6 aromatic carbocycles. The number of hydrogen-bond donors (Lipinski definition) is 0. The summed E-state index contributed by atoms with van der Waals surface area (Å²) >= 11 is -1.27. The molecule has 36 heavy (non-hydrogen) atoms. The predicted octanol–water partition coefficient (Wildman–Crippen LogP) is 8.58. The van der Waals surface area contributed by atoms with Crippen LogP contribution >= 0.6 is 0 Å². The van der Waals surface area contributed by atoms with E-state index in [0.717, 1.165) is 43.4 Å². The molecule has 0 unspecified atom stereocenters. The summed E-state index contributed by atoms with van der Waals surface area (Å²) in [7, 11) is 2.05. The van der Waals surface area contributed by atoms with E-state index in [1.807, 2.05) is 0 Å². The Hall–Kier alpha value is -4.05. The Morgan fingerprint density at radius 2 is 0.861 bits per heavy atom. The fourth-order valence-electron chi connectivity index (χ4n) is 5.22. The molecule has 1 aliphatic rings. The lowest BCUT2D eigenvalue weighted by molar-refractivity contribution is 0.593. The molecule has 0 spiro atoms. The summed E-state index contributed by atoms with van der Waals surface area (Å²) in [5.41, 5.74) is 6.40. The molecule has 0 saturated heterocycles. The molecule has 0 fully saturated rings. The van der Waals surface area contributed by atoms with Crippen molar-refractivity contribution in [2.45, 2.75) is 9.79 Å². The molecule has 0 atom stereocenters. The van der Waals surface area contributed by atoms with E-state index in [0.29, 0.717) is 0 Å². The van der Waals surface area contributed by atoms with Crippen LogP contribution in [0.25, 0.3) is 43.8 Å². The van der Waals surface area contributed by atoms with Gasteiger partial charge in [0.1, 0.15) is 0 Å². The van der Waals surface area contributed by atoms with E-state index in [1.54, 1.807) is 0 Å². The highest BCUT2D eigenvalue weighted by atomic mass is 32.2. The van der Waals surface area contributed by atoms with Gasteiger partial charge in [-0.2, -0.15) is 0 Å². The number of rotatable bonds is 2. The Bertz CT molecular complexity index is 1660. The molecule has 0 bridgehead atoms. The van der Waals surface area contributed by atoms with Gasteiger partial charge in [-0.05, 0) is 68.1 Å². The maximum atomic E-state index is 13.9. The highest BCUT2D eigenvalue weighted by molar-refractivity contribution is 7.92. The zero-order valence-corrected chi connectivity index (χ0v) is 20.6. The molecular weight excluding hydrogens is 458 g/mol. The zero-order valence-electron chi connectivity index (χ0n) is 19.8. The van der Waals surface area contributed by atoms with Crippen LogP contribution in [-0.2, 0) is 11.2 Å². The van der Waals surface area contributed by atoms with Crippen molar-refractivity contribution in [2.24, 2.45) is 0 Å². The fraction of sp³-hybridized carbons (Fsp3) is 0.0303. The minimum Gasteiger partial charge on any atom is -0.606 e. The van der Waals surface area contributed by atoms with Gasteiger partial charge in [0, 0.05) is 30.4 Å². The lowest BCUT2D eigenvalue weighted by Gasteiger charge is -2.30. The molecule has 1 aliphatic heterocycles. The minimum atomic E-state index is -1.27. The summed E-state index contributed by atoms with van der Waals surface area (Å²) in [5.74, 6) is 0. The van der Waals surface area contributed by atoms with Crippen molar-refractivity contribution in [1.29, 1.82) is 0 Å². The second kappa shape index (κ2) is 8.27. The number of nitrogens with zero attached hydrogens (tertiary/aromatic N) is 1. The van der Waals surface area contributed by atoms with E-state index in [4.69, 9.17) is 0 Å². The van der Waals surface area contributed by atoms with Crippen LogP contribution in [-0.4, -0.2) is 11.6 Å². The minimum absolute atomic E-state index is 0.853. The van der Waals surface area contributed by atoms with Crippen LogP contribution in [0.1, 0.15) is 0 Å². The van der Waals surface area contributed by atoms with Crippen LogP contribution in [0.5, 0.6) is 0 Å². The lowest BCUT2D eigenvalue weighted by atomic mass is 10.00. The molecule has 172 valence electrons. The number of hydrogen-bond acceptors (Lipinski definition) is 2. The Labute approximate surface area is 213 Å². The summed E-state index contributed by atoms with van der Waals surface area (Å²) in [6.45, 7) is 0. The van der Waals surface area contributed by atoms with E-state index in [9.17, 15) is 4.55 Å². The number of anilines is 2. The molecule has 0 saturated carbocycles. The third-order valence-electron chi connectivity index (χ3n) is 7.21. The van der Waals surface area contributed by atoms with Crippen LogP contribution in [0, 0.1) is 0 Å². The Kier molecular flexibility index (Phi) is 4.88. The van der Waals surface area contributed by atoms with Gasteiger partial charge in [-0.3, -0.25) is 0 Å². The van der Waals surface area contributed by atoms with E-state index in [1.165, 1.54) is 21.5 Å². The van der Waals surface area contributed by atoms with Crippen molar-refractivity contribution in [2.75, 3.05) is 11.9 Å². The van der Waals surface area contributed by atoms with Crippen molar-refractivity contribution in [3.63, 3.8) is 0 Å². The smallest absolute Gasteiger partial charge is 0.182 e. The van der Waals surface area contributed by atoms with Crippen molar-refractivity contribution < 1.29 is 4.55 Å². The maximum absolute atomic E-state index is 13.9. The SMILES string of the molecule is CN1c2ccc(-c3ccc4ccccc4c3)cc2[S+]([O-])c2cc(-c3ccc4ccccc4c3)ccc21. The Balaban J connectivity index is 1.31. The van der Waals surface area contributed by atoms with Gasteiger partial charge < -0.3 is 9.45 Å². The monoisotopic (exact) mass is 481 g/mol. The largest absolute Gasteiger partial charge is 0.606 e.